The molecule has 2 N–H and O–H groups in total. The summed E-state index contributed by atoms with van der Waals surface area (Å²) in [6.45, 7) is 3.08. The van der Waals surface area contributed by atoms with Crippen molar-refractivity contribution >= 4 is 11.7 Å². The highest BCUT2D eigenvalue weighted by atomic mass is 16.5. The van der Waals surface area contributed by atoms with Crippen LogP contribution in [0.15, 0.2) is 24.3 Å². The van der Waals surface area contributed by atoms with E-state index in [4.69, 9.17) is 4.74 Å². The first-order valence-corrected chi connectivity index (χ1v) is 9.66. The lowest BCUT2D eigenvalue weighted by molar-refractivity contribution is 0.0358. The molecule has 2 aliphatic rings. The molecule has 0 spiro atoms. The molecule has 1 heterocycles. The van der Waals surface area contributed by atoms with Gasteiger partial charge in [0, 0.05) is 12.1 Å². The molecule has 0 aromatic heterocycles. The maximum Gasteiger partial charge on any atom is 0.319 e. The summed E-state index contributed by atoms with van der Waals surface area (Å²) < 4.78 is 5.30. The van der Waals surface area contributed by atoms with Crippen LogP contribution in [0.1, 0.15) is 51.4 Å². The lowest BCUT2D eigenvalue weighted by Gasteiger charge is -2.48. The predicted octanol–water partition coefficient (Wildman–Crippen LogP) is 4.01. The van der Waals surface area contributed by atoms with E-state index in [0.717, 1.165) is 6.54 Å². The summed E-state index contributed by atoms with van der Waals surface area (Å²) in [5.74, 6) is 0.682. The standard InChI is InChI=1S/C20H31N3O2/c1-25-18-11-5-4-10-17(18)22-19(24)21-16-20(12-6-2-7-13-20)23-14-8-3-9-15-23/h4-5,10-11H,2-3,6-9,12-16H2,1H3,(H2,21,22,24). The number of hydrogen-bond acceptors (Lipinski definition) is 3. The number of urea groups is 1. The van der Waals surface area contributed by atoms with Gasteiger partial charge in [-0.1, -0.05) is 37.8 Å². The number of nitrogens with one attached hydrogen (secondary N) is 2. The Kier molecular flexibility index (Phi) is 6.19. The van der Waals surface area contributed by atoms with Gasteiger partial charge in [0.15, 0.2) is 0 Å². The van der Waals surface area contributed by atoms with Crippen LogP contribution in [0, 0.1) is 0 Å². The van der Waals surface area contributed by atoms with E-state index in [1.54, 1.807) is 7.11 Å². The van der Waals surface area contributed by atoms with Crippen molar-refractivity contribution in [2.45, 2.75) is 56.9 Å². The molecule has 0 unspecified atom stereocenters. The fourth-order valence-electron chi connectivity index (χ4n) is 4.34. The minimum absolute atomic E-state index is 0.147. The number of nitrogens with zero attached hydrogens (tertiary/aromatic N) is 1. The van der Waals surface area contributed by atoms with Crippen molar-refractivity contribution in [3.05, 3.63) is 24.3 Å². The molecule has 1 aromatic rings. The van der Waals surface area contributed by atoms with Gasteiger partial charge in [0.2, 0.25) is 0 Å². The highest BCUT2D eigenvalue weighted by Crippen LogP contribution is 2.35. The normalized spacial score (nSPS) is 20.7. The Bertz CT molecular complexity index is 564. The first-order chi connectivity index (χ1) is 12.2. The summed E-state index contributed by atoms with van der Waals surface area (Å²) in [7, 11) is 1.62. The van der Waals surface area contributed by atoms with E-state index in [0.29, 0.717) is 11.4 Å². The smallest absolute Gasteiger partial charge is 0.319 e. The van der Waals surface area contributed by atoms with Crippen LogP contribution in [0.3, 0.4) is 0 Å². The van der Waals surface area contributed by atoms with Crippen molar-refractivity contribution in [2.75, 3.05) is 32.1 Å². The molecule has 5 heteroatoms. The number of benzene rings is 1. The lowest BCUT2D eigenvalue weighted by atomic mass is 9.79. The fourth-order valence-corrected chi connectivity index (χ4v) is 4.34. The van der Waals surface area contributed by atoms with Gasteiger partial charge in [-0.05, 0) is 50.9 Å². The number of amides is 2. The Labute approximate surface area is 151 Å². The van der Waals surface area contributed by atoms with E-state index < -0.39 is 0 Å². The average Bonchev–Trinajstić information content (AvgIpc) is 2.68. The number of methoxy groups -OCH3 is 1. The van der Waals surface area contributed by atoms with E-state index in [9.17, 15) is 4.79 Å². The number of ether oxygens (including phenoxy) is 1. The topological polar surface area (TPSA) is 53.6 Å². The van der Waals surface area contributed by atoms with E-state index in [1.165, 1.54) is 64.5 Å². The quantitative estimate of drug-likeness (QED) is 0.848. The van der Waals surface area contributed by atoms with Crippen molar-refractivity contribution in [1.82, 2.24) is 10.2 Å². The molecule has 1 aromatic carbocycles. The minimum Gasteiger partial charge on any atom is -0.495 e. The Hall–Kier alpha value is -1.75. The largest absolute Gasteiger partial charge is 0.495 e. The van der Waals surface area contributed by atoms with Crippen LogP contribution in [-0.4, -0.2) is 43.2 Å². The van der Waals surface area contributed by atoms with Crippen LogP contribution in [-0.2, 0) is 0 Å². The van der Waals surface area contributed by atoms with Crippen molar-refractivity contribution in [2.24, 2.45) is 0 Å². The molecular formula is C20H31N3O2. The maximum absolute atomic E-state index is 12.5. The molecule has 3 rings (SSSR count). The van der Waals surface area contributed by atoms with Crippen LogP contribution in [0.2, 0.25) is 0 Å². The lowest BCUT2D eigenvalue weighted by Crippen LogP contribution is -2.58. The molecule has 1 saturated heterocycles. The van der Waals surface area contributed by atoms with Gasteiger partial charge in [0.05, 0.1) is 12.8 Å². The molecule has 5 nitrogen and oxygen atoms in total. The minimum atomic E-state index is -0.147. The summed E-state index contributed by atoms with van der Waals surface area (Å²) in [5.41, 5.74) is 0.856. The number of hydrogen-bond donors (Lipinski definition) is 2. The molecule has 138 valence electrons. The Morgan fingerprint density at radius 2 is 1.76 bits per heavy atom. The molecule has 2 fully saturated rings. The first kappa shape index (κ1) is 18.1. The zero-order valence-corrected chi connectivity index (χ0v) is 15.4. The number of carbonyl (C=O) groups is 1. The van der Waals surface area contributed by atoms with Crippen molar-refractivity contribution in [3.63, 3.8) is 0 Å². The molecular weight excluding hydrogens is 314 g/mol. The van der Waals surface area contributed by atoms with Crippen molar-refractivity contribution in [1.29, 1.82) is 0 Å². The summed E-state index contributed by atoms with van der Waals surface area (Å²) in [4.78, 5) is 15.1. The summed E-state index contributed by atoms with van der Waals surface area (Å²) in [6, 6.07) is 7.36. The second-order valence-corrected chi connectivity index (χ2v) is 7.34. The zero-order valence-electron chi connectivity index (χ0n) is 15.4. The Balaban J connectivity index is 1.61. The number of para-hydroxylation sites is 2. The fraction of sp³-hybridized carbons (Fsp3) is 0.650. The number of likely N-dealkylation sites (tertiary alicyclic amines) is 1. The summed E-state index contributed by atoms with van der Waals surface area (Å²) in [6.07, 6.45) is 10.2. The van der Waals surface area contributed by atoms with E-state index in [1.807, 2.05) is 24.3 Å². The average molecular weight is 345 g/mol. The molecule has 1 aliphatic carbocycles. The van der Waals surface area contributed by atoms with Crippen LogP contribution >= 0.6 is 0 Å². The number of rotatable bonds is 5. The van der Waals surface area contributed by atoms with Crippen molar-refractivity contribution < 1.29 is 9.53 Å². The zero-order chi connectivity index (χ0) is 17.5. The number of piperidine rings is 1. The van der Waals surface area contributed by atoms with Gasteiger partial charge in [-0.3, -0.25) is 4.90 Å². The van der Waals surface area contributed by atoms with Gasteiger partial charge in [0.25, 0.3) is 0 Å². The third-order valence-corrected chi connectivity index (χ3v) is 5.74. The number of carbonyl (C=O) groups excluding carboxylic acids is 1. The summed E-state index contributed by atoms with van der Waals surface area (Å²) >= 11 is 0. The van der Waals surface area contributed by atoms with E-state index in [-0.39, 0.29) is 11.6 Å². The Morgan fingerprint density at radius 1 is 1.08 bits per heavy atom. The van der Waals surface area contributed by atoms with Gasteiger partial charge in [-0.15, -0.1) is 0 Å². The molecule has 1 aliphatic heterocycles. The molecule has 0 radical (unpaired) electrons. The van der Waals surface area contributed by atoms with Crippen molar-refractivity contribution in [3.8, 4) is 5.75 Å². The van der Waals surface area contributed by atoms with E-state index in [2.05, 4.69) is 15.5 Å². The first-order valence-electron chi connectivity index (χ1n) is 9.66. The summed E-state index contributed by atoms with van der Waals surface area (Å²) in [5, 5.41) is 6.07. The van der Waals surface area contributed by atoms with Crippen LogP contribution in [0.4, 0.5) is 10.5 Å². The molecule has 25 heavy (non-hydrogen) atoms. The van der Waals surface area contributed by atoms with Crippen LogP contribution < -0.4 is 15.4 Å². The second kappa shape index (κ2) is 8.56. The SMILES string of the molecule is COc1ccccc1NC(=O)NCC1(N2CCCCC2)CCCCC1. The van der Waals surface area contributed by atoms with Gasteiger partial charge >= 0.3 is 6.03 Å². The van der Waals surface area contributed by atoms with Gasteiger partial charge in [0.1, 0.15) is 5.75 Å². The molecule has 1 saturated carbocycles. The maximum atomic E-state index is 12.5. The van der Waals surface area contributed by atoms with Gasteiger partial charge < -0.3 is 15.4 Å². The Morgan fingerprint density at radius 3 is 2.48 bits per heavy atom. The molecule has 2 amide bonds. The van der Waals surface area contributed by atoms with Gasteiger partial charge in [-0.25, -0.2) is 4.79 Å². The van der Waals surface area contributed by atoms with Crippen LogP contribution in [0.25, 0.3) is 0 Å². The second-order valence-electron chi connectivity index (χ2n) is 7.34. The molecule has 0 atom stereocenters. The molecule has 0 bridgehead atoms. The highest BCUT2D eigenvalue weighted by molar-refractivity contribution is 5.90. The number of anilines is 1. The predicted molar refractivity (Wildman–Crippen MR) is 101 cm³/mol. The highest BCUT2D eigenvalue weighted by Gasteiger charge is 2.38. The monoisotopic (exact) mass is 345 g/mol. The van der Waals surface area contributed by atoms with E-state index >= 15 is 0 Å². The van der Waals surface area contributed by atoms with Crippen LogP contribution in [0.5, 0.6) is 5.75 Å². The third-order valence-electron chi connectivity index (χ3n) is 5.74. The van der Waals surface area contributed by atoms with Gasteiger partial charge in [-0.2, -0.15) is 0 Å². The third kappa shape index (κ3) is 4.46.